The number of nitrogens with two attached hydrogens (primary N) is 1. The van der Waals surface area contributed by atoms with Gasteiger partial charge in [-0.3, -0.25) is 0 Å². The highest BCUT2D eigenvalue weighted by molar-refractivity contribution is 5.00. The van der Waals surface area contributed by atoms with Gasteiger partial charge in [0.25, 0.3) is 0 Å². The lowest BCUT2D eigenvalue weighted by Gasteiger charge is -2.36. The third-order valence-corrected chi connectivity index (χ3v) is 3.48. The summed E-state index contributed by atoms with van der Waals surface area (Å²) in [7, 11) is 0. The van der Waals surface area contributed by atoms with Crippen LogP contribution < -0.4 is 5.73 Å². The standard InChI is InChI=1S/C12H21NO5/c1-11(2)15-7-6(5-13)14-10-9(8(7)16-11)17-12(3,4)18-10/h6-10H,5,13H2,1-4H3. The Morgan fingerprint density at radius 2 is 1.39 bits per heavy atom. The van der Waals surface area contributed by atoms with E-state index < -0.39 is 17.9 Å². The van der Waals surface area contributed by atoms with Crippen molar-refractivity contribution in [3.05, 3.63) is 0 Å². The quantitative estimate of drug-likeness (QED) is 0.732. The summed E-state index contributed by atoms with van der Waals surface area (Å²) in [6.45, 7) is 7.86. The van der Waals surface area contributed by atoms with E-state index >= 15 is 0 Å². The first-order chi connectivity index (χ1) is 8.31. The molecule has 0 radical (unpaired) electrons. The van der Waals surface area contributed by atoms with Crippen molar-refractivity contribution in [1.29, 1.82) is 0 Å². The molecule has 3 fully saturated rings. The maximum absolute atomic E-state index is 5.93. The number of fused-ring (bicyclic) bond motifs is 3. The highest BCUT2D eigenvalue weighted by Crippen LogP contribution is 2.43. The van der Waals surface area contributed by atoms with E-state index in [9.17, 15) is 0 Å². The summed E-state index contributed by atoms with van der Waals surface area (Å²) in [6, 6.07) is 0. The maximum Gasteiger partial charge on any atom is 0.190 e. The van der Waals surface area contributed by atoms with Gasteiger partial charge < -0.3 is 29.4 Å². The molecule has 0 aromatic carbocycles. The molecule has 5 unspecified atom stereocenters. The second-order valence-corrected chi connectivity index (χ2v) is 5.94. The van der Waals surface area contributed by atoms with E-state index in [0.717, 1.165) is 0 Å². The van der Waals surface area contributed by atoms with Gasteiger partial charge in [-0.25, -0.2) is 0 Å². The lowest BCUT2D eigenvalue weighted by molar-refractivity contribution is -0.231. The van der Waals surface area contributed by atoms with Gasteiger partial charge in [0.05, 0.1) is 0 Å². The van der Waals surface area contributed by atoms with Crippen LogP contribution in [0.5, 0.6) is 0 Å². The average molecular weight is 259 g/mol. The molecule has 3 aliphatic rings. The predicted octanol–water partition coefficient (Wildman–Crippen LogP) is 0.342. The average Bonchev–Trinajstić information content (AvgIpc) is 2.71. The van der Waals surface area contributed by atoms with Gasteiger partial charge in [0.15, 0.2) is 17.9 Å². The largest absolute Gasteiger partial charge is 0.342 e. The molecule has 0 aliphatic carbocycles. The van der Waals surface area contributed by atoms with Crippen molar-refractivity contribution in [1.82, 2.24) is 0 Å². The van der Waals surface area contributed by atoms with Crippen LogP contribution in [0.4, 0.5) is 0 Å². The van der Waals surface area contributed by atoms with Crippen LogP contribution in [0.2, 0.25) is 0 Å². The Morgan fingerprint density at radius 3 is 2.06 bits per heavy atom. The van der Waals surface area contributed by atoms with Crippen molar-refractivity contribution >= 4 is 0 Å². The molecule has 104 valence electrons. The second kappa shape index (κ2) is 3.88. The molecule has 5 atom stereocenters. The fourth-order valence-corrected chi connectivity index (χ4v) is 2.88. The summed E-state index contributed by atoms with van der Waals surface area (Å²) >= 11 is 0. The van der Waals surface area contributed by atoms with E-state index in [-0.39, 0.29) is 24.4 Å². The smallest absolute Gasteiger partial charge is 0.190 e. The van der Waals surface area contributed by atoms with E-state index in [1.54, 1.807) is 0 Å². The van der Waals surface area contributed by atoms with Crippen LogP contribution in [-0.4, -0.2) is 48.8 Å². The van der Waals surface area contributed by atoms with Crippen molar-refractivity contribution in [3.63, 3.8) is 0 Å². The van der Waals surface area contributed by atoms with E-state index in [1.807, 2.05) is 27.7 Å². The Balaban J connectivity index is 1.86. The molecule has 0 spiro atoms. The molecule has 0 amide bonds. The van der Waals surface area contributed by atoms with Crippen LogP contribution in [0.3, 0.4) is 0 Å². The van der Waals surface area contributed by atoms with E-state index in [2.05, 4.69) is 0 Å². The van der Waals surface area contributed by atoms with Crippen molar-refractivity contribution < 1.29 is 23.7 Å². The minimum absolute atomic E-state index is 0.200. The summed E-state index contributed by atoms with van der Waals surface area (Å²) in [4.78, 5) is 0. The monoisotopic (exact) mass is 259 g/mol. The van der Waals surface area contributed by atoms with Crippen molar-refractivity contribution in [3.8, 4) is 0 Å². The Kier molecular flexibility index (Phi) is 2.75. The highest BCUT2D eigenvalue weighted by Gasteiger charge is 2.60. The minimum atomic E-state index is -0.667. The summed E-state index contributed by atoms with van der Waals surface area (Å²) in [5.74, 6) is -1.31. The predicted molar refractivity (Wildman–Crippen MR) is 61.6 cm³/mol. The van der Waals surface area contributed by atoms with Crippen molar-refractivity contribution in [2.75, 3.05) is 6.54 Å². The van der Waals surface area contributed by atoms with Crippen LogP contribution in [-0.2, 0) is 23.7 Å². The molecule has 6 heteroatoms. The fourth-order valence-electron chi connectivity index (χ4n) is 2.88. The molecular weight excluding hydrogens is 238 g/mol. The first kappa shape index (κ1) is 12.8. The van der Waals surface area contributed by atoms with Gasteiger partial charge in [-0.1, -0.05) is 0 Å². The molecule has 3 rings (SSSR count). The van der Waals surface area contributed by atoms with Gasteiger partial charge in [0, 0.05) is 6.54 Å². The zero-order valence-electron chi connectivity index (χ0n) is 11.2. The molecule has 0 bridgehead atoms. The Morgan fingerprint density at radius 1 is 0.833 bits per heavy atom. The normalized spacial score (nSPS) is 48.8. The topological polar surface area (TPSA) is 72.2 Å². The maximum atomic E-state index is 5.93. The summed E-state index contributed by atoms with van der Waals surface area (Å²) < 4.78 is 29.2. The summed E-state index contributed by atoms with van der Waals surface area (Å²) in [6.07, 6.45) is -1.34. The Bertz CT molecular complexity index is 345. The number of hydrogen-bond donors (Lipinski definition) is 1. The van der Waals surface area contributed by atoms with Crippen LogP contribution in [0.1, 0.15) is 27.7 Å². The molecule has 6 nitrogen and oxygen atoms in total. The fraction of sp³-hybridized carbons (Fsp3) is 1.00. The van der Waals surface area contributed by atoms with E-state index in [4.69, 9.17) is 29.4 Å². The van der Waals surface area contributed by atoms with Crippen LogP contribution in [0.15, 0.2) is 0 Å². The minimum Gasteiger partial charge on any atom is -0.342 e. The first-order valence-corrected chi connectivity index (χ1v) is 6.38. The van der Waals surface area contributed by atoms with Gasteiger partial charge in [-0.2, -0.15) is 0 Å². The van der Waals surface area contributed by atoms with E-state index in [0.29, 0.717) is 6.54 Å². The van der Waals surface area contributed by atoms with Gasteiger partial charge in [-0.15, -0.1) is 0 Å². The molecule has 0 saturated carbocycles. The van der Waals surface area contributed by atoms with Gasteiger partial charge in [0.1, 0.15) is 24.4 Å². The molecule has 0 aromatic heterocycles. The van der Waals surface area contributed by atoms with Gasteiger partial charge in [0.2, 0.25) is 0 Å². The molecule has 3 saturated heterocycles. The lowest BCUT2D eigenvalue weighted by atomic mass is 9.99. The second-order valence-electron chi connectivity index (χ2n) is 5.94. The molecule has 18 heavy (non-hydrogen) atoms. The van der Waals surface area contributed by atoms with Gasteiger partial charge >= 0.3 is 0 Å². The van der Waals surface area contributed by atoms with Crippen LogP contribution in [0.25, 0.3) is 0 Å². The Labute approximate surface area is 107 Å². The first-order valence-electron chi connectivity index (χ1n) is 6.38. The lowest BCUT2D eigenvalue weighted by Crippen LogP contribution is -2.57. The highest BCUT2D eigenvalue weighted by atomic mass is 16.9. The molecule has 3 aliphatic heterocycles. The molecule has 3 heterocycles. The third kappa shape index (κ3) is 1.97. The van der Waals surface area contributed by atoms with E-state index in [1.165, 1.54) is 0 Å². The number of hydrogen-bond acceptors (Lipinski definition) is 6. The molecular formula is C12H21NO5. The SMILES string of the molecule is CC1(C)OC2OC(CN)C3OC(C)(C)OC3C2O1. The zero-order valence-corrected chi connectivity index (χ0v) is 11.2. The van der Waals surface area contributed by atoms with Crippen LogP contribution in [0, 0.1) is 0 Å². The summed E-state index contributed by atoms with van der Waals surface area (Å²) in [5.41, 5.74) is 5.74. The number of rotatable bonds is 1. The summed E-state index contributed by atoms with van der Waals surface area (Å²) in [5, 5.41) is 0. The molecule has 0 aromatic rings. The van der Waals surface area contributed by atoms with Crippen molar-refractivity contribution in [2.45, 2.75) is 70.0 Å². The number of ether oxygens (including phenoxy) is 5. The van der Waals surface area contributed by atoms with Crippen molar-refractivity contribution in [2.24, 2.45) is 5.73 Å². The third-order valence-electron chi connectivity index (χ3n) is 3.48. The van der Waals surface area contributed by atoms with Crippen LogP contribution >= 0.6 is 0 Å². The Hall–Kier alpha value is -0.240. The zero-order chi connectivity index (χ0) is 13.1. The van der Waals surface area contributed by atoms with Gasteiger partial charge in [-0.05, 0) is 27.7 Å². The molecule has 2 N–H and O–H groups in total.